The quantitative estimate of drug-likeness (QED) is 0.275. The van der Waals surface area contributed by atoms with Gasteiger partial charge in [-0.2, -0.15) is 23.5 Å². The summed E-state index contributed by atoms with van der Waals surface area (Å²) in [5.41, 5.74) is 2.88. The van der Waals surface area contributed by atoms with Crippen LogP contribution in [0.25, 0.3) is 0 Å². The Kier molecular flexibility index (Phi) is 11.3. The molecule has 0 aliphatic heterocycles. The molecule has 2 rings (SSSR count). The highest BCUT2D eigenvalue weighted by atomic mass is 32.2. The summed E-state index contributed by atoms with van der Waals surface area (Å²) in [6.45, 7) is 0. The second-order valence-corrected chi connectivity index (χ2v) is 8.86. The molecule has 140 valence electrons. The van der Waals surface area contributed by atoms with Crippen LogP contribution in [0.1, 0.15) is 43.2 Å². The first-order chi connectivity index (χ1) is 12.9. The Balaban J connectivity index is 1.71. The molecule has 1 atom stereocenters. The fourth-order valence-corrected chi connectivity index (χ4v) is 5.23. The second kappa shape index (κ2) is 13.9. The molecule has 0 saturated heterocycles. The molecule has 0 amide bonds. The molecule has 0 radical (unpaired) electrons. The first-order valence-corrected chi connectivity index (χ1v) is 11.8. The largest absolute Gasteiger partial charge is 0.301 e. The Labute approximate surface area is 168 Å². The predicted octanol–water partition coefficient (Wildman–Crippen LogP) is 6.87. The van der Waals surface area contributed by atoms with Gasteiger partial charge < -0.3 is 4.99 Å². The molecule has 0 N–H and O–H groups in total. The summed E-state index contributed by atoms with van der Waals surface area (Å²) >= 11 is 4.21. The van der Waals surface area contributed by atoms with E-state index in [1.54, 1.807) is 0 Å². The Morgan fingerprint density at radius 2 is 1.50 bits per heavy atom. The van der Waals surface area contributed by atoms with Crippen LogP contribution in [0.3, 0.4) is 0 Å². The monoisotopic (exact) mass is 385 g/mol. The summed E-state index contributed by atoms with van der Waals surface area (Å²) in [5, 5.41) is 0.761. The second-order valence-electron chi connectivity index (χ2n) is 6.47. The maximum atomic E-state index is 4.08. The molecule has 0 bridgehead atoms. The fraction of sp³-hybridized carbons (Fsp3) is 0.435. The van der Waals surface area contributed by atoms with Crippen LogP contribution in [-0.2, 0) is 11.5 Å². The van der Waals surface area contributed by atoms with Crippen molar-refractivity contribution in [1.82, 2.24) is 0 Å². The van der Waals surface area contributed by atoms with Gasteiger partial charge in [-0.1, -0.05) is 67.1 Å². The predicted molar refractivity (Wildman–Crippen MR) is 122 cm³/mol. The highest BCUT2D eigenvalue weighted by Gasteiger charge is 2.10. The van der Waals surface area contributed by atoms with Gasteiger partial charge in [0.1, 0.15) is 0 Å². The minimum atomic E-state index is 0.761. The Morgan fingerprint density at radius 3 is 2.15 bits per heavy atom. The fourth-order valence-electron chi connectivity index (χ4n) is 2.82. The molecule has 0 heterocycles. The van der Waals surface area contributed by atoms with Crippen molar-refractivity contribution in [1.29, 1.82) is 0 Å². The van der Waals surface area contributed by atoms with E-state index < -0.39 is 0 Å². The van der Waals surface area contributed by atoms with Gasteiger partial charge >= 0.3 is 0 Å². The third kappa shape index (κ3) is 9.49. The summed E-state index contributed by atoms with van der Waals surface area (Å²) in [6, 6.07) is 21.7. The van der Waals surface area contributed by atoms with Crippen molar-refractivity contribution in [2.75, 3.05) is 12.8 Å². The zero-order valence-electron chi connectivity index (χ0n) is 15.8. The van der Waals surface area contributed by atoms with Gasteiger partial charge in [-0.05, 0) is 48.8 Å². The number of nitrogens with zero attached hydrogens (tertiary/aromatic N) is 1. The number of aliphatic imine (C=N–C) groups is 1. The van der Waals surface area contributed by atoms with Gasteiger partial charge in [0.25, 0.3) is 0 Å². The summed E-state index contributed by atoms with van der Waals surface area (Å²) in [4.78, 5) is 4.08. The smallest absolute Gasteiger partial charge is 0.0273 e. The lowest BCUT2D eigenvalue weighted by atomic mass is 10.1. The van der Waals surface area contributed by atoms with Gasteiger partial charge in [-0.3, -0.25) is 0 Å². The van der Waals surface area contributed by atoms with E-state index in [-0.39, 0.29) is 0 Å². The maximum Gasteiger partial charge on any atom is 0.0273 e. The van der Waals surface area contributed by atoms with Crippen molar-refractivity contribution in [3.8, 4) is 0 Å². The highest BCUT2D eigenvalue weighted by molar-refractivity contribution is 7.99. The van der Waals surface area contributed by atoms with E-state index in [9.17, 15) is 0 Å². The lowest BCUT2D eigenvalue weighted by molar-refractivity contribution is 0.660. The lowest BCUT2D eigenvalue weighted by Gasteiger charge is -2.16. The SMILES string of the molecule is C/N=C/CCCCC(CCSCc1ccccc1)SCc1ccccc1. The van der Waals surface area contributed by atoms with Crippen LogP contribution in [0.5, 0.6) is 0 Å². The van der Waals surface area contributed by atoms with Gasteiger partial charge in [-0.25, -0.2) is 0 Å². The van der Waals surface area contributed by atoms with E-state index in [1.165, 1.54) is 42.6 Å². The molecule has 26 heavy (non-hydrogen) atoms. The Morgan fingerprint density at radius 1 is 0.846 bits per heavy atom. The zero-order chi connectivity index (χ0) is 18.3. The Bertz CT molecular complexity index is 598. The summed E-state index contributed by atoms with van der Waals surface area (Å²) in [5.74, 6) is 3.51. The highest BCUT2D eigenvalue weighted by Crippen LogP contribution is 2.27. The number of rotatable bonds is 13. The van der Waals surface area contributed by atoms with Crippen molar-refractivity contribution < 1.29 is 0 Å². The molecule has 0 fully saturated rings. The molecule has 3 heteroatoms. The molecule has 2 aromatic carbocycles. The number of hydrogen-bond donors (Lipinski definition) is 0. The minimum absolute atomic E-state index is 0.761. The lowest BCUT2D eigenvalue weighted by Crippen LogP contribution is -2.05. The van der Waals surface area contributed by atoms with E-state index in [4.69, 9.17) is 0 Å². The van der Waals surface area contributed by atoms with Crippen LogP contribution in [0.15, 0.2) is 65.7 Å². The van der Waals surface area contributed by atoms with Gasteiger partial charge in [0, 0.05) is 23.8 Å². The summed E-state index contributed by atoms with van der Waals surface area (Å²) in [6.07, 6.45) is 8.35. The van der Waals surface area contributed by atoms with E-state index in [1.807, 2.05) is 13.3 Å². The average molecular weight is 386 g/mol. The third-order valence-corrected chi connectivity index (χ3v) is 6.82. The van der Waals surface area contributed by atoms with Crippen molar-refractivity contribution in [3.63, 3.8) is 0 Å². The summed E-state index contributed by atoms with van der Waals surface area (Å²) < 4.78 is 0. The van der Waals surface area contributed by atoms with Gasteiger partial charge in [0.05, 0.1) is 0 Å². The van der Waals surface area contributed by atoms with Crippen molar-refractivity contribution >= 4 is 29.7 Å². The average Bonchev–Trinajstić information content (AvgIpc) is 2.70. The van der Waals surface area contributed by atoms with E-state index in [0.717, 1.165) is 23.2 Å². The topological polar surface area (TPSA) is 12.4 Å². The molecule has 1 nitrogen and oxygen atoms in total. The van der Waals surface area contributed by atoms with Crippen molar-refractivity contribution in [2.24, 2.45) is 4.99 Å². The van der Waals surface area contributed by atoms with Gasteiger partial charge in [0.2, 0.25) is 0 Å². The van der Waals surface area contributed by atoms with E-state index in [0.29, 0.717) is 0 Å². The molecule has 0 aliphatic rings. The summed E-state index contributed by atoms with van der Waals surface area (Å²) in [7, 11) is 1.86. The standard InChI is InChI=1S/C23H31NS2/c1-24-17-10-4-9-15-23(26-20-22-13-7-3-8-14-22)16-18-25-19-21-11-5-2-6-12-21/h2-3,5-8,11-14,17,23H,4,9-10,15-16,18-20H2,1H3/b24-17+. The third-order valence-electron chi connectivity index (χ3n) is 4.32. The number of hydrogen-bond acceptors (Lipinski definition) is 3. The van der Waals surface area contributed by atoms with Crippen LogP contribution >= 0.6 is 23.5 Å². The zero-order valence-corrected chi connectivity index (χ0v) is 17.5. The number of unbranched alkanes of at least 4 members (excludes halogenated alkanes) is 2. The number of thioether (sulfide) groups is 2. The normalized spacial score (nSPS) is 12.5. The molecule has 1 unspecified atom stereocenters. The van der Waals surface area contributed by atoms with Crippen molar-refractivity contribution in [3.05, 3.63) is 71.8 Å². The van der Waals surface area contributed by atoms with Crippen LogP contribution in [0, 0.1) is 0 Å². The van der Waals surface area contributed by atoms with Crippen molar-refractivity contribution in [2.45, 2.75) is 48.9 Å². The molecule has 0 spiro atoms. The van der Waals surface area contributed by atoms with Crippen LogP contribution < -0.4 is 0 Å². The van der Waals surface area contributed by atoms with Crippen LogP contribution in [0.2, 0.25) is 0 Å². The molecule has 0 aromatic heterocycles. The van der Waals surface area contributed by atoms with Gasteiger partial charge in [-0.15, -0.1) is 0 Å². The van der Waals surface area contributed by atoms with Crippen LogP contribution in [-0.4, -0.2) is 24.3 Å². The molecule has 0 aliphatic carbocycles. The molecular weight excluding hydrogens is 354 g/mol. The molecule has 0 saturated carbocycles. The van der Waals surface area contributed by atoms with E-state index in [2.05, 4.69) is 89.2 Å². The minimum Gasteiger partial charge on any atom is -0.301 e. The molecule has 2 aromatic rings. The van der Waals surface area contributed by atoms with E-state index >= 15 is 0 Å². The van der Waals surface area contributed by atoms with Crippen LogP contribution in [0.4, 0.5) is 0 Å². The first-order valence-electron chi connectivity index (χ1n) is 9.56. The molecular formula is C23H31NS2. The van der Waals surface area contributed by atoms with Gasteiger partial charge in [0.15, 0.2) is 0 Å². The number of benzene rings is 2. The Hall–Kier alpha value is -1.19. The first kappa shape index (κ1) is 21.1. The maximum absolute atomic E-state index is 4.08.